The number of anilines is 1. The van der Waals surface area contributed by atoms with E-state index < -0.39 is 0 Å². The van der Waals surface area contributed by atoms with E-state index in [1.165, 1.54) is 0 Å². The Hall–Kier alpha value is -1.86. The van der Waals surface area contributed by atoms with Crippen molar-refractivity contribution >= 4 is 11.5 Å². The maximum absolute atomic E-state index is 9.07. The summed E-state index contributed by atoms with van der Waals surface area (Å²) in [7, 11) is 1.60. The standard InChI is InChI=1S/C11H18N4O3/c1-18-7-5-15(4-6-16)10-8-13-3-2-9(10)11(12)14-17/h2-3,8,16-17H,4-7H2,1H3,(H2,12,14). The summed E-state index contributed by atoms with van der Waals surface area (Å²) in [6.07, 6.45) is 3.17. The molecule has 1 heterocycles. The number of aromatic nitrogens is 1. The van der Waals surface area contributed by atoms with Gasteiger partial charge >= 0.3 is 0 Å². The maximum Gasteiger partial charge on any atom is 0.172 e. The van der Waals surface area contributed by atoms with Gasteiger partial charge < -0.3 is 25.7 Å². The van der Waals surface area contributed by atoms with E-state index in [1.807, 2.05) is 4.90 Å². The van der Waals surface area contributed by atoms with Crippen molar-refractivity contribution in [1.82, 2.24) is 4.98 Å². The van der Waals surface area contributed by atoms with Gasteiger partial charge in [-0.05, 0) is 6.07 Å². The van der Waals surface area contributed by atoms with E-state index >= 15 is 0 Å². The van der Waals surface area contributed by atoms with Gasteiger partial charge in [-0.3, -0.25) is 4.98 Å². The zero-order chi connectivity index (χ0) is 13.4. The lowest BCUT2D eigenvalue weighted by atomic mass is 10.2. The third-order valence-corrected chi connectivity index (χ3v) is 2.46. The first-order valence-electron chi connectivity index (χ1n) is 5.51. The van der Waals surface area contributed by atoms with Crippen LogP contribution in [0.25, 0.3) is 0 Å². The molecular weight excluding hydrogens is 236 g/mol. The molecule has 1 aromatic rings. The van der Waals surface area contributed by atoms with Gasteiger partial charge in [-0.2, -0.15) is 0 Å². The van der Waals surface area contributed by atoms with E-state index in [-0.39, 0.29) is 12.4 Å². The van der Waals surface area contributed by atoms with Crippen molar-refractivity contribution in [3.05, 3.63) is 24.0 Å². The van der Waals surface area contributed by atoms with E-state index in [0.717, 1.165) is 0 Å². The highest BCUT2D eigenvalue weighted by molar-refractivity contribution is 6.01. The molecule has 0 aromatic carbocycles. The minimum atomic E-state index is -0.00573. The van der Waals surface area contributed by atoms with Gasteiger partial charge in [-0.1, -0.05) is 5.16 Å². The number of hydrogen-bond acceptors (Lipinski definition) is 6. The van der Waals surface area contributed by atoms with Gasteiger partial charge in [-0.15, -0.1) is 0 Å². The van der Waals surface area contributed by atoms with Crippen LogP contribution in [0.15, 0.2) is 23.6 Å². The number of hydrogen-bond donors (Lipinski definition) is 3. The highest BCUT2D eigenvalue weighted by atomic mass is 16.5. The molecule has 4 N–H and O–H groups in total. The number of amidine groups is 1. The summed E-state index contributed by atoms with van der Waals surface area (Å²) in [5.74, 6) is 0.00718. The zero-order valence-electron chi connectivity index (χ0n) is 10.3. The molecular formula is C11H18N4O3. The second kappa shape index (κ2) is 7.46. The number of aliphatic hydroxyl groups is 1. The van der Waals surface area contributed by atoms with Crippen molar-refractivity contribution in [1.29, 1.82) is 0 Å². The third-order valence-electron chi connectivity index (χ3n) is 2.46. The van der Waals surface area contributed by atoms with Crippen LogP contribution < -0.4 is 10.6 Å². The summed E-state index contributed by atoms with van der Waals surface area (Å²) in [5, 5.41) is 20.8. The van der Waals surface area contributed by atoms with Crippen LogP contribution in [0.2, 0.25) is 0 Å². The molecule has 18 heavy (non-hydrogen) atoms. The molecule has 0 amide bonds. The Balaban J connectivity index is 3.02. The molecule has 0 saturated carbocycles. The first kappa shape index (κ1) is 14.2. The summed E-state index contributed by atoms with van der Waals surface area (Å²) in [4.78, 5) is 5.88. The normalized spacial score (nSPS) is 11.6. The molecule has 0 atom stereocenters. The Morgan fingerprint density at radius 2 is 2.33 bits per heavy atom. The van der Waals surface area contributed by atoms with Crippen LogP contribution in [0.5, 0.6) is 0 Å². The SMILES string of the molecule is COCCN(CCO)c1cnccc1/C(N)=N/O. The fourth-order valence-corrected chi connectivity index (χ4v) is 1.58. The van der Waals surface area contributed by atoms with E-state index in [1.54, 1.807) is 25.6 Å². The highest BCUT2D eigenvalue weighted by Crippen LogP contribution is 2.18. The molecule has 0 saturated heterocycles. The lowest BCUT2D eigenvalue weighted by molar-refractivity contribution is 0.203. The fourth-order valence-electron chi connectivity index (χ4n) is 1.58. The van der Waals surface area contributed by atoms with Crippen LogP contribution in [-0.4, -0.2) is 54.5 Å². The van der Waals surface area contributed by atoms with E-state index in [4.69, 9.17) is 20.8 Å². The van der Waals surface area contributed by atoms with Crippen molar-refractivity contribution in [3.8, 4) is 0 Å². The Morgan fingerprint density at radius 3 is 2.94 bits per heavy atom. The molecule has 0 fully saturated rings. The third kappa shape index (κ3) is 3.57. The lowest BCUT2D eigenvalue weighted by Crippen LogP contribution is -2.32. The van der Waals surface area contributed by atoms with E-state index in [0.29, 0.717) is 30.9 Å². The van der Waals surface area contributed by atoms with Crippen LogP contribution in [0.3, 0.4) is 0 Å². The van der Waals surface area contributed by atoms with Gasteiger partial charge in [0, 0.05) is 32.0 Å². The second-order valence-corrected chi connectivity index (χ2v) is 3.58. The second-order valence-electron chi connectivity index (χ2n) is 3.58. The van der Waals surface area contributed by atoms with E-state index in [2.05, 4.69) is 10.1 Å². The molecule has 0 radical (unpaired) electrons. The number of rotatable bonds is 7. The number of nitrogens with zero attached hydrogens (tertiary/aromatic N) is 3. The zero-order valence-corrected chi connectivity index (χ0v) is 10.3. The van der Waals surface area contributed by atoms with Crippen molar-refractivity contribution in [3.63, 3.8) is 0 Å². The average Bonchev–Trinajstić information content (AvgIpc) is 2.42. The number of ether oxygens (including phenoxy) is 1. The summed E-state index contributed by atoms with van der Waals surface area (Å²) < 4.78 is 5.01. The van der Waals surface area contributed by atoms with Gasteiger partial charge in [0.2, 0.25) is 0 Å². The Bertz CT molecular complexity index is 398. The van der Waals surface area contributed by atoms with Gasteiger partial charge in [0.1, 0.15) is 0 Å². The van der Waals surface area contributed by atoms with Crippen molar-refractivity contribution in [2.45, 2.75) is 0 Å². The van der Waals surface area contributed by atoms with Gasteiger partial charge in [0.15, 0.2) is 5.84 Å². The van der Waals surface area contributed by atoms with Gasteiger partial charge in [0.05, 0.1) is 25.1 Å². The Morgan fingerprint density at radius 1 is 1.56 bits per heavy atom. The smallest absolute Gasteiger partial charge is 0.172 e. The monoisotopic (exact) mass is 254 g/mol. The molecule has 100 valence electrons. The summed E-state index contributed by atoms with van der Waals surface area (Å²) in [5.41, 5.74) is 6.87. The molecule has 1 aromatic heterocycles. The van der Waals surface area contributed by atoms with Gasteiger partial charge in [0.25, 0.3) is 0 Å². The maximum atomic E-state index is 9.07. The molecule has 0 aliphatic rings. The number of pyridine rings is 1. The predicted molar refractivity (Wildman–Crippen MR) is 67.9 cm³/mol. The van der Waals surface area contributed by atoms with Crippen LogP contribution >= 0.6 is 0 Å². The first-order valence-corrected chi connectivity index (χ1v) is 5.51. The molecule has 0 aliphatic carbocycles. The summed E-state index contributed by atoms with van der Waals surface area (Å²) >= 11 is 0. The largest absolute Gasteiger partial charge is 0.409 e. The quantitative estimate of drug-likeness (QED) is 0.265. The van der Waals surface area contributed by atoms with Crippen molar-refractivity contribution < 1.29 is 15.1 Å². The Labute approximate surface area is 105 Å². The molecule has 0 unspecified atom stereocenters. The topological polar surface area (TPSA) is 104 Å². The number of methoxy groups -OCH3 is 1. The average molecular weight is 254 g/mol. The molecule has 0 spiro atoms. The van der Waals surface area contributed by atoms with E-state index in [9.17, 15) is 0 Å². The molecule has 7 heteroatoms. The minimum absolute atomic E-state index is 0.00573. The molecule has 0 aliphatic heterocycles. The van der Waals surface area contributed by atoms with Crippen molar-refractivity contribution in [2.24, 2.45) is 10.9 Å². The first-order chi connectivity index (χ1) is 8.74. The van der Waals surface area contributed by atoms with Crippen LogP contribution in [0, 0.1) is 0 Å². The number of aliphatic hydroxyl groups excluding tert-OH is 1. The predicted octanol–water partition coefficient (Wildman–Crippen LogP) is -0.379. The molecule has 7 nitrogen and oxygen atoms in total. The fraction of sp³-hybridized carbons (Fsp3) is 0.455. The number of nitrogens with two attached hydrogens (primary N) is 1. The summed E-state index contributed by atoms with van der Waals surface area (Å²) in [6.45, 7) is 1.49. The molecule has 1 rings (SSSR count). The van der Waals surface area contributed by atoms with Crippen LogP contribution in [0.1, 0.15) is 5.56 Å². The lowest BCUT2D eigenvalue weighted by Gasteiger charge is -2.25. The number of oxime groups is 1. The molecule has 0 bridgehead atoms. The van der Waals surface area contributed by atoms with Crippen LogP contribution in [0.4, 0.5) is 5.69 Å². The summed E-state index contributed by atoms with van der Waals surface area (Å²) in [6, 6.07) is 1.65. The van der Waals surface area contributed by atoms with Crippen LogP contribution in [-0.2, 0) is 4.74 Å². The van der Waals surface area contributed by atoms with Gasteiger partial charge in [-0.25, -0.2) is 0 Å². The Kier molecular flexibility index (Phi) is 5.89. The minimum Gasteiger partial charge on any atom is -0.409 e. The van der Waals surface area contributed by atoms with Crippen molar-refractivity contribution in [2.75, 3.05) is 38.3 Å². The highest BCUT2D eigenvalue weighted by Gasteiger charge is 2.13.